The van der Waals surface area contributed by atoms with E-state index in [1.165, 1.54) is 18.2 Å². The molecule has 2 aromatic carbocycles. The first-order chi connectivity index (χ1) is 13.9. The predicted molar refractivity (Wildman–Crippen MR) is 107 cm³/mol. The summed E-state index contributed by atoms with van der Waals surface area (Å²) in [7, 11) is 0. The maximum absolute atomic E-state index is 13.3. The Kier molecular flexibility index (Phi) is 6.21. The number of carbonyl (C=O) groups excluding carboxylic acids is 1. The van der Waals surface area contributed by atoms with Gasteiger partial charge in [-0.25, -0.2) is 4.39 Å². The number of furan rings is 1. The van der Waals surface area contributed by atoms with Crippen molar-refractivity contribution in [1.29, 1.82) is 0 Å². The van der Waals surface area contributed by atoms with Crippen molar-refractivity contribution in [3.05, 3.63) is 83.4 Å². The van der Waals surface area contributed by atoms with Crippen LogP contribution < -0.4 is 11.1 Å². The summed E-state index contributed by atoms with van der Waals surface area (Å²) in [6.07, 6.45) is 3.62. The van der Waals surface area contributed by atoms with Gasteiger partial charge >= 0.3 is 5.97 Å². The molecular weight excluding hydrogens is 375 g/mol. The van der Waals surface area contributed by atoms with Crippen molar-refractivity contribution in [3.63, 3.8) is 0 Å². The number of amides is 1. The second-order valence-corrected chi connectivity index (χ2v) is 6.29. The van der Waals surface area contributed by atoms with Gasteiger partial charge in [-0.05, 0) is 35.4 Å². The van der Waals surface area contributed by atoms with Crippen LogP contribution in [-0.2, 0) is 4.79 Å². The van der Waals surface area contributed by atoms with E-state index in [9.17, 15) is 14.0 Å². The third kappa shape index (κ3) is 5.18. The van der Waals surface area contributed by atoms with Crippen molar-refractivity contribution in [2.24, 2.45) is 5.73 Å². The Morgan fingerprint density at radius 1 is 1.10 bits per heavy atom. The van der Waals surface area contributed by atoms with Gasteiger partial charge < -0.3 is 20.6 Å². The Labute approximate surface area is 166 Å². The molecule has 0 aliphatic rings. The van der Waals surface area contributed by atoms with Crippen LogP contribution in [0.3, 0.4) is 0 Å². The third-order valence-corrected chi connectivity index (χ3v) is 4.16. The van der Waals surface area contributed by atoms with Crippen LogP contribution in [-0.4, -0.2) is 29.6 Å². The zero-order valence-electron chi connectivity index (χ0n) is 15.3. The summed E-state index contributed by atoms with van der Waals surface area (Å²) in [5, 5.41) is 11.2. The van der Waals surface area contributed by atoms with Crippen molar-refractivity contribution in [1.82, 2.24) is 5.32 Å². The second kappa shape index (κ2) is 8.99. The molecule has 1 atom stereocenters. The molecule has 1 aromatic heterocycles. The average Bonchev–Trinajstić information content (AvgIpc) is 3.20. The fourth-order valence-corrected chi connectivity index (χ4v) is 2.64. The monoisotopic (exact) mass is 394 g/mol. The summed E-state index contributed by atoms with van der Waals surface area (Å²) in [6, 6.07) is 15.6. The zero-order chi connectivity index (χ0) is 20.8. The van der Waals surface area contributed by atoms with Gasteiger partial charge in [0.05, 0.1) is 0 Å². The van der Waals surface area contributed by atoms with E-state index >= 15 is 0 Å². The van der Waals surface area contributed by atoms with Crippen LogP contribution in [0.5, 0.6) is 0 Å². The molecule has 0 spiro atoms. The van der Waals surface area contributed by atoms with Gasteiger partial charge in [-0.2, -0.15) is 0 Å². The summed E-state index contributed by atoms with van der Waals surface area (Å²) < 4.78 is 19.0. The van der Waals surface area contributed by atoms with Gasteiger partial charge in [-0.15, -0.1) is 0 Å². The summed E-state index contributed by atoms with van der Waals surface area (Å²) in [6.45, 7) is -0.211. The molecule has 0 aliphatic heterocycles. The molecule has 0 fully saturated rings. The van der Waals surface area contributed by atoms with E-state index in [4.69, 9.17) is 15.3 Å². The van der Waals surface area contributed by atoms with E-state index in [0.717, 1.165) is 11.1 Å². The fraction of sp³-hybridized carbons (Fsp3) is 0.0909. The van der Waals surface area contributed by atoms with Gasteiger partial charge in [0, 0.05) is 12.1 Å². The third-order valence-electron chi connectivity index (χ3n) is 4.16. The lowest BCUT2D eigenvalue weighted by atomic mass is 10.0. The van der Waals surface area contributed by atoms with E-state index in [-0.39, 0.29) is 18.1 Å². The first-order valence-corrected chi connectivity index (χ1v) is 8.83. The molecule has 148 valence electrons. The number of aliphatic carboxylic acids is 1. The van der Waals surface area contributed by atoms with Gasteiger partial charge in [0.15, 0.2) is 5.76 Å². The fourth-order valence-electron chi connectivity index (χ4n) is 2.64. The molecule has 0 saturated carbocycles. The number of hydrogen-bond acceptors (Lipinski definition) is 4. The Hall–Kier alpha value is -3.71. The molecule has 6 nitrogen and oxygen atoms in total. The summed E-state index contributed by atoms with van der Waals surface area (Å²) in [5.41, 5.74) is 7.67. The Balaban J connectivity index is 1.78. The lowest BCUT2D eigenvalue weighted by Crippen LogP contribution is -2.42. The Bertz CT molecular complexity index is 1060. The van der Waals surface area contributed by atoms with E-state index < -0.39 is 17.9 Å². The molecule has 29 heavy (non-hydrogen) atoms. The predicted octanol–water partition coefficient (Wildman–Crippen LogP) is 3.40. The quantitative estimate of drug-likeness (QED) is 0.533. The maximum atomic E-state index is 13.3. The first kappa shape index (κ1) is 20.0. The Morgan fingerprint density at radius 2 is 1.90 bits per heavy atom. The highest BCUT2D eigenvalue weighted by atomic mass is 19.1. The van der Waals surface area contributed by atoms with E-state index in [1.807, 2.05) is 30.3 Å². The number of carbonyl (C=O) groups is 2. The van der Waals surface area contributed by atoms with Crippen LogP contribution in [0.1, 0.15) is 21.7 Å². The van der Waals surface area contributed by atoms with Crippen molar-refractivity contribution in [2.75, 3.05) is 6.54 Å². The van der Waals surface area contributed by atoms with Gasteiger partial charge in [-0.1, -0.05) is 48.6 Å². The number of nitrogens with one attached hydrogen (secondary N) is 1. The van der Waals surface area contributed by atoms with Crippen LogP contribution in [0.4, 0.5) is 4.39 Å². The molecule has 7 heteroatoms. The van der Waals surface area contributed by atoms with Crippen molar-refractivity contribution in [2.45, 2.75) is 6.04 Å². The summed E-state index contributed by atoms with van der Waals surface area (Å²) in [4.78, 5) is 22.9. The normalized spacial score (nSPS) is 12.1. The SMILES string of the molecule is N[C@H](CNC(=O)c1ccc(-c2ccccc2/C=C/c2cccc(F)c2)o1)C(=O)O. The molecule has 0 unspecified atom stereocenters. The topological polar surface area (TPSA) is 106 Å². The highest BCUT2D eigenvalue weighted by Gasteiger charge is 2.17. The van der Waals surface area contributed by atoms with Crippen molar-refractivity contribution >= 4 is 24.0 Å². The van der Waals surface area contributed by atoms with Crippen LogP contribution in [0.25, 0.3) is 23.5 Å². The summed E-state index contributed by atoms with van der Waals surface area (Å²) >= 11 is 0. The van der Waals surface area contributed by atoms with Crippen molar-refractivity contribution in [3.8, 4) is 11.3 Å². The minimum atomic E-state index is -1.20. The molecule has 3 aromatic rings. The number of benzene rings is 2. The number of nitrogens with two attached hydrogens (primary N) is 1. The van der Waals surface area contributed by atoms with E-state index in [1.54, 1.807) is 24.3 Å². The molecular formula is C22H19FN2O4. The lowest BCUT2D eigenvalue weighted by Gasteiger charge is -2.07. The van der Waals surface area contributed by atoms with E-state index in [2.05, 4.69) is 5.32 Å². The van der Waals surface area contributed by atoms with Gasteiger partial charge in [0.25, 0.3) is 5.91 Å². The first-order valence-electron chi connectivity index (χ1n) is 8.83. The average molecular weight is 394 g/mol. The molecule has 3 rings (SSSR count). The smallest absolute Gasteiger partial charge is 0.322 e. The molecule has 0 aliphatic carbocycles. The second-order valence-electron chi connectivity index (χ2n) is 6.29. The minimum Gasteiger partial charge on any atom is -0.480 e. The standard InChI is InChI=1S/C22H19FN2O4/c23-16-6-3-4-14(12-16)8-9-15-5-1-2-7-17(15)19-10-11-20(29-19)21(26)25-13-18(24)22(27)28/h1-12,18H,13,24H2,(H,25,26)(H,27,28)/b9-8+/t18-/m1/s1. The number of hydrogen-bond donors (Lipinski definition) is 3. The van der Waals surface area contributed by atoms with Crippen LogP contribution in [0.15, 0.2) is 65.1 Å². The van der Waals surface area contributed by atoms with E-state index in [0.29, 0.717) is 11.3 Å². The number of halogens is 1. The van der Waals surface area contributed by atoms with Crippen LogP contribution in [0, 0.1) is 5.82 Å². The van der Waals surface area contributed by atoms with Crippen LogP contribution in [0.2, 0.25) is 0 Å². The maximum Gasteiger partial charge on any atom is 0.322 e. The highest BCUT2D eigenvalue weighted by molar-refractivity contribution is 5.92. The lowest BCUT2D eigenvalue weighted by molar-refractivity contribution is -0.138. The van der Waals surface area contributed by atoms with Gasteiger partial charge in [0.2, 0.25) is 0 Å². The number of rotatable bonds is 7. The molecule has 4 N–H and O–H groups in total. The minimum absolute atomic E-state index is 0.0431. The summed E-state index contributed by atoms with van der Waals surface area (Å²) in [5.74, 6) is -1.56. The molecule has 0 saturated heterocycles. The van der Waals surface area contributed by atoms with Gasteiger partial charge in [-0.3, -0.25) is 9.59 Å². The Morgan fingerprint density at radius 3 is 2.66 bits per heavy atom. The van der Waals surface area contributed by atoms with Crippen LogP contribution >= 0.6 is 0 Å². The largest absolute Gasteiger partial charge is 0.480 e. The molecule has 0 radical (unpaired) electrons. The van der Waals surface area contributed by atoms with Crippen molar-refractivity contribution < 1.29 is 23.5 Å². The number of carboxylic acids is 1. The molecule has 1 heterocycles. The molecule has 1 amide bonds. The number of carboxylic acid groups (broad SMARTS) is 1. The van der Waals surface area contributed by atoms with Gasteiger partial charge in [0.1, 0.15) is 17.6 Å². The zero-order valence-corrected chi connectivity index (χ0v) is 15.3. The molecule has 0 bridgehead atoms. The highest BCUT2D eigenvalue weighted by Crippen LogP contribution is 2.27.